The highest BCUT2D eigenvalue weighted by molar-refractivity contribution is 7.14. The predicted molar refractivity (Wildman–Crippen MR) is 146 cm³/mol. The van der Waals surface area contributed by atoms with Crippen LogP contribution in [0.2, 0.25) is 0 Å². The first-order chi connectivity index (χ1) is 18.7. The monoisotopic (exact) mass is 560 g/mol. The summed E-state index contributed by atoms with van der Waals surface area (Å²) >= 11 is 1.04. The van der Waals surface area contributed by atoms with E-state index in [1.165, 1.54) is 13.3 Å². The lowest BCUT2D eigenvalue weighted by Gasteiger charge is -2.17. The molecule has 39 heavy (non-hydrogen) atoms. The number of carboxylic acid groups (broad SMARTS) is 1. The maximum atomic E-state index is 15.5. The maximum absolute atomic E-state index is 15.5. The zero-order chi connectivity index (χ0) is 28.5. The van der Waals surface area contributed by atoms with Crippen molar-refractivity contribution in [2.24, 2.45) is 0 Å². The third kappa shape index (κ3) is 7.77. The van der Waals surface area contributed by atoms with Gasteiger partial charge >= 0.3 is 5.97 Å². The molecule has 2 N–H and O–H groups in total. The summed E-state index contributed by atoms with van der Waals surface area (Å²) < 4.78 is 50.0. The van der Waals surface area contributed by atoms with Gasteiger partial charge in [0.15, 0.2) is 5.13 Å². The topological polar surface area (TPSA) is 88.5 Å². The van der Waals surface area contributed by atoms with E-state index in [1.54, 1.807) is 30.7 Å². The van der Waals surface area contributed by atoms with Crippen molar-refractivity contribution in [2.45, 2.75) is 58.5 Å². The van der Waals surface area contributed by atoms with Gasteiger partial charge in [-0.25, -0.2) is 22.9 Å². The number of carbonyl (C=O) groups excluding carboxylic acids is 1. The number of carbonyl (C=O) groups is 2. The normalized spacial score (nSPS) is 12.4. The molecule has 3 rings (SSSR count). The molecule has 1 heterocycles. The molecule has 0 saturated heterocycles. The van der Waals surface area contributed by atoms with Crippen LogP contribution in [0.25, 0.3) is 17.3 Å². The second-order valence-corrected chi connectivity index (χ2v) is 9.97. The molecule has 0 fully saturated rings. The molecule has 0 spiro atoms. The van der Waals surface area contributed by atoms with Crippen LogP contribution in [0, 0.1) is 17.5 Å². The number of amides is 1. The van der Waals surface area contributed by atoms with Crippen molar-refractivity contribution < 1.29 is 32.6 Å². The molecule has 10 heteroatoms. The van der Waals surface area contributed by atoms with Crippen molar-refractivity contribution in [1.29, 1.82) is 0 Å². The second-order valence-electron chi connectivity index (χ2n) is 9.11. The zero-order valence-corrected chi connectivity index (χ0v) is 22.8. The predicted octanol–water partition coefficient (Wildman–Crippen LogP) is 8.02. The van der Waals surface area contributed by atoms with E-state index >= 15 is 4.39 Å². The van der Waals surface area contributed by atoms with Crippen LogP contribution >= 0.6 is 11.3 Å². The summed E-state index contributed by atoms with van der Waals surface area (Å²) in [6, 6.07) is 6.62. The minimum Gasteiger partial charge on any atom is -0.478 e. The van der Waals surface area contributed by atoms with Gasteiger partial charge < -0.3 is 9.84 Å². The van der Waals surface area contributed by atoms with E-state index in [0.29, 0.717) is 17.7 Å². The van der Waals surface area contributed by atoms with Crippen LogP contribution in [0.4, 0.5) is 18.3 Å². The number of hydrogen-bond acceptors (Lipinski definition) is 5. The van der Waals surface area contributed by atoms with Gasteiger partial charge in [0.05, 0.1) is 11.8 Å². The van der Waals surface area contributed by atoms with Gasteiger partial charge in [0.2, 0.25) is 0 Å². The number of thiazole rings is 1. The summed E-state index contributed by atoms with van der Waals surface area (Å²) in [5, 5.41) is 13.1. The van der Waals surface area contributed by atoms with Crippen molar-refractivity contribution in [1.82, 2.24) is 4.98 Å². The fraction of sp³-hybridized carbons (Fsp3) is 0.345. The third-order valence-corrected chi connectivity index (χ3v) is 7.03. The Morgan fingerprint density at radius 2 is 1.82 bits per heavy atom. The molecule has 208 valence electrons. The summed E-state index contributed by atoms with van der Waals surface area (Å²) in [5.41, 5.74) is -0.160. The lowest BCUT2D eigenvalue weighted by Crippen LogP contribution is -2.13. The lowest BCUT2D eigenvalue weighted by atomic mass is 9.98. The van der Waals surface area contributed by atoms with Crippen LogP contribution in [0.1, 0.15) is 80.0 Å². The molecule has 0 aliphatic heterocycles. The summed E-state index contributed by atoms with van der Waals surface area (Å²) in [5.74, 6) is -4.77. The Morgan fingerprint density at radius 1 is 1.13 bits per heavy atom. The molecule has 1 aromatic heterocycles. The van der Waals surface area contributed by atoms with Crippen molar-refractivity contribution in [3.63, 3.8) is 0 Å². The molecule has 6 nitrogen and oxygen atoms in total. The Kier molecular flexibility index (Phi) is 10.8. The summed E-state index contributed by atoms with van der Waals surface area (Å²) in [7, 11) is 1.56. The molecule has 1 amide bonds. The summed E-state index contributed by atoms with van der Waals surface area (Å²) in [4.78, 5) is 27.9. The van der Waals surface area contributed by atoms with Gasteiger partial charge in [0, 0.05) is 40.3 Å². The second kappa shape index (κ2) is 14.0. The average molecular weight is 561 g/mol. The van der Waals surface area contributed by atoms with Gasteiger partial charge in [-0.05, 0) is 37.6 Å². The number of carboxylic acids is 1. The Labute approximate surface area is 229 Å². The Morgan fingerprint density at radius 3 is 2.46 bits per heavy atom. The van der Waals surface area contributed by atoms with E-state index < -0.39 is 41.0 Å². The number of unbranched alkanes of at least 4 members (excludes halogenated alkanes) is 4. The van der Waals surface area contributed by atoms with Crippen LogP contribution in [0.5, 0.6) is 0 Å². The standard InChI is InChI=1S/C29H31F3N2O4S/c1-4-5-6-7-8-12-25(38-3)20-11-9-10-19(26(20)32)24-16-39-29(33-24)34-27(35)18-14-22(30)21(23(31)15-18)13-17(2)28(36)37/h9-11,13-16,25H,4-8,12H2,1-3H3,(H,36,37)(H,33,34,35)/b17-13+. The van der Waals surface area contributed by atoms with E-state index in [1.807, 2.05) is 0 Å². The Bertz CT molecular complexity index is 1330. The van der Waals surface area contributed by atoms with Gasteiger partial charge in [-0.15, -0.1) is 11.3 Å². The summed E-state index contributed by atoms with van der Waals surface area (Å²) in [6.07, 6.45) is 6.57. The largest absolute Gasteiger partial charge is 0.478 e. The van der Waals surface area contributed by atoms with Gasteiger partial charge in [-0.1, -0.05) is 51.2 Å². The van der Waals surface area contributed by atoms with E-state index in [9.17, 15) is 18.4 Å². The quantitative estimate of drug-likeness (QED) is 0.163. The number of methoxy groups -OCH3 is 1. The molecule has 0 aliphatic carbocycles. The van der Waals surface area contributed by atoms with Crippen molar-refractivity contribution in [3.05, 3.63) is 75.4 Å². The van der Waals surface area contributed by atoms with Gasteiger partial charge in [0.25, 0.3) is 5.91 Å². The van der Waals surface area contributed by atoms with Crippen molar-refractivity contribution in [2.75, 3.05) is 12.4 Å². The number of benzene rings is 2. The Hall–Kier alpha value is -3.50. The first kappa shape index (κ1) is 30.0. The molecule has 1 atom stereocenters. The highest BCUT2D eigenvalue weighted by Crippen LogP contribution is 2.33. The Balaban J connectivity index is 1.75. The number of nitrogens with zero attached hydrogens (tertiary/aromatic N) is 1. The van der Waals surface area contributed by atoms with Crippen molar-refractivity contribution >= 4 is 34.4 Å². The SMILES string of the molecule is CCCCCCCC(OC)c1cccc(-c2csc(NC(=O)c3cc(F)c(/C=C(\C)C(=O)O)c(F)c3)n2)c1F. The fourth-order valence-corrected chi connectivity index (χ4v) is 4.79. The molecule has 2 aromatic carbocycles. The smallest absolute Gasteiger partial charge is 0.331 e. The summed E-state index contributed by atoms with van der Waals surface area (Å²) in [6.45, 7) is 3.35. The minimum absolute atomic E-state index is 0.116. The third-order valence-electron chi connectivity index (χ3n) is 6.27. The van der Waals surface area contributed by atoms with E-state index in [4.69, 9.17) is 9.84 Å². The lowest BCUT2D eigenvalue weighted by molar-refractivity contribution is -0.132. The molecule has 0 radical (unpaired) electrons. The van der Waals surface area contributed by atoms with Crippen LogP contribution in [0.3, 0.4) is 0 Å². The average Bonchev–Trinajstić information content (AvgIpc) is 3.36. The van der Waals surface area contributed by atoms with Gasteiger partial charge in [0.1, 0.15) is 17.5 Å². The molecule has 1 unspecified atom stereocenters. The van der Waals surface area contributed by atoms with Crippen LogP contribution in [-0.2, 0) is 9.53 Å². The number of hydrogen-bond donors (Lipinski definition) is 2. The molecule has 0 aliphatic rings. The fourth-order valence-electron chi connectivity index (χ4n) is 4.09. The van der Waals surface area contributed by atoms with Crippen LogP contribution in [0.15, 0.2) is 41.3 Å². The first-order valence-electron chi connectivity index (χ1n) is 12.6. The zero-order valence-electron chi connectivity index (χ0n) is 22.0. The number of rotatable bonds is 13. The van der Waals surface area contributed by atoms with Gasteiger partial charge in [-0.2, -0.15) is 0 Å². The number of aliphatic carboxylic acids is 1. The number of ether oxygens (including phenoxy) is 1. The highest BCUT2D eigenvalue weighted by Gasteiger charge is 2.21. The number of anilines is 1. The molecule has 3 aromatic rings. The van der Waals surface area contributed by atoms with Crippen LogP contribution < -0.4 is 5.32 Å². The van der Waals surface area contributed by atoms with Crippen LogP contribution in [-0.4, -0.2) is 29.1 Å². The first-order valence-corrected chi connectivity index (χ1v) is 13.5. The number of halogens is 3. The molecule has 0 bridgehead atoms. The molecule has 0 saturated carbocycles. The molecular weight excluding hydrogens is 529 g/mol. The number of aromatic nitrogens is 1. The van der Waals surface area contributed by atoms with Gasteiger partial charge in [-0.3, -0.25) is 10.1 Å². The molecular formula is C29H31F3N2O4S. The van der Waals surface area contributed by atoms with Crippen molar-refractivity contribution in [3.8, 4) is 11.3 Å². The van der Waals surface area contributed by atoms with E-state index in [2.05, 4.69) is 17.2 Å². The minimum atomic E-state index is -1.32. The number of nitrogens with one attached hydrogen (secondary N) is 1. The highest BCUT2D eigenvalue weighted by atomic mass is 32.1. The maximum Gasteiger partial charge on any atom is 0.331 e. The van der Waals surface area contributed by atoms with E-state index in [-0.39, 0.29) is 21.8 Å². The van der Waals surface area contributed by atoms with E-state index in [0.717, 1.165) is 55.2 Å².